The molecule has 1 aromatic heterocycles. The Morgan fingerprint density at radius 1 is 1.43 bits per heavy atom. The number of nitrogens with two attached hydrogens (primary N) is 1. The molecular formula is C14H13FN4O2. The first-order valence-electron chi connectivity index (χ1n) is 6.22. The first-order chi connectivity index (χ1) is 10.1. The van der Waals surface area contributed by atoms with E-state index in [1.807, 2.05) is 0 Å². The molecule has 0 atom stereocenters. The van der Waals surface area contributed by atoms with Gasteiger partial charge in [-0.1, -0.05) is 6.07 Å². The maximum Gasteiger partial charge on any atom is 0.270 e. The lowest BCUT2D eigenvalue weighted by molar-refractivity contribution is 0.324. The van der Waals surface area contributed by atoms with Crippen molar-refractivity contribution < 1.29 is 9.13 Å². The Morgan fingerprint density at radius 2 is 2.24 bits per heavy atom. The highest BCUT2D eigenvalue weighted by Gasteiger charge is 2.06. The van der Waals surface area contributed by atoms with Crippen LogP contribution in [0.4, 0.5) is 4.39 Å². The van der Waals surface area contributed by atoms with E-state index >= 15 is 0 Å². The Bertz CT molecular complexity index is 736. The van der Waals surface area contributed by atoms with E-state index in [1.165, 1.54) is 35.1 Å². The van der Waals surface area contributed by atoms with Crippen molar-refractivity contribution in [2.24, 2.45) is 5.73 Å². The molecule has 0 unspecified atom stereocenters. The molecule has 2 rings (SSSR count). The quantitative estimate of drug-likeness (QED) is 0.871. The SMILES string of the molecule is N#Cc1cc(Cn2ncc(OCCN)cc2=O)ccc1F. The fourth-order valence-electron chi connectivity index (χ4n) is 1.72. The minimum atomic E-state index is -0.591. The summed E-state index contributed by atoms with van der Waals surface area (Å²) in [5.41, 5.74) is 5.49. The van der Waals surface area contributed by atoms with Gasteiger partial charge in [-0.15, -0.1) is 0 Å². The minimum absolute atomic E-state index is 0.0663. The Balaban J connectivity index is 2.20. The molecule has 2 N–H and O–H groups in total. The third-order valence-electron chi connectivity index (χ3n) is 2.71. The van der Waals surface area contributed by atoms with Gasteiger partial charge in [-0.2, -0.15) is 10.4 Å². The molecule has 0 amide bonds. The number of rotatable bonds is 5. The van der Waals surface area contributed by atoms with E-state index in [4.69, 9.17) is 15.7 Å². The third-order valence-corrected chi connectivity index (χ3v) is 2.71. The molecule has 0 radical (unpaired) electrons. The second-order valence-electron chi connectivity index (χ2n) is 4.25. The summed E-state index contributed by atoms with van der Waals surface area (Å²) >= 11 is 0. The average Bonchev–Trinajstić information content (AvgIpc) is 2.49. The summed E-state index contributed by atoms with van der Waals surface area (Å²) in [4.78, 5) is 11.9. The van der Waals surface area contributed by atoms with Crippen LogP contribution in [-0.2, 0) is 6.54 Å². The predicted octanol–water partition coefficient (Wildman–Crippen LogP) is 0.640. The second kappa shape index (κ2) is 6.63. The number of hydrogen-bond donors (Lipinski definition) is 1. The lowest BCUT2D eigenvalue weighted by Gasteiger charge is -2.07. The normalized spacial score (nSPS) is 10.1. The van der Waals surface area contributed by atoms with Crippen LogP contribution < -0.4 is 16.0 Å². The second-order valence-corrected chi connectivity index (χ2v) is 4.25. The zero-order valence-electron chi connectivity index (χ0n) is 11.1. The number of ether oxygens (including phenoxy) is 1. The van der Waals surface area contributed by atoms with Gasteiger partial charge >= 0.3 is 0 Å². The molecule has 0 aliphatic carbocycles. The van der Waals surface area contributed by atoms with E-state index in [-0.39, 0.29) is 17.7 Å². The van der Waals surface area contributed by atoms with Crippen LogP contribution in [0.3, 0.4) is 0 Å². The monoisotopic (exact) mass is 288 g/mol. The van der Waals surface area contributed by atoms with E-state index in [9.17, 15) is 9.18 Å². The summed E-state index contributed by atoms with van der Waals surface area (Å²) in [7, 11) is 0. The van der Waals surface area contributed by atoms with Crippen LogP contribution in [0.15, 0.2) is 35.3 Å². The zero-order valence-corrected chi connectivity index (χ0v) is 11.1. The van der Waals surface area contributed by atoms with E-state index in [0.717, 1.165) is 0 Å². The zero-order chi connectivity index (χ0) is 15.2. The van der Waals surface area contributed by atoms with Crippen LogP contribution in [0.1, 0.15) is 11.1 Å². The van der Waals surface area contributed by atoms with Crippen LogP contribution in [0.25, 0.3) is 0 Å². The molecular weight excluding hydrogens is 275 g/mol. The van der Waals surface area contributed by atoms with Gasteiger partial charge in [0.2, 0.25) is 0 Å². The maximum absolute atomic E-state index is 13.2. The molecule has 6 nitrogen and oxygen atoms in total. The molecule has 0 aliphatic heterocycles. The molecule has 0 bridgehead atoms. The summed E-state index contributed by atoms with van der Waals surface area (Å²) in [6.07, 6.45) is 1.41. The van der Waals surface area contributed by atoms with Crippen LogP contribution in [-0.4, -0.2) is 22.9 Å². The van der Waals surface area contributed by atoms with Crippen LogP contribution >= 0.6 is 0 Å². The molecule has 21 heavy (non-hydrogen) atoms. The van der Waals surface area contributed by atoms with Crippen molar-refractivity contribution >= 4 is 0 Å². The van der Waals surface area contributed by atoms with Crippen LogP contribution in [0.2, 0.25) is 0 Å². The molecule has 0 saturated carbocycles. The highest BCUT2D eigenvalue weighted by atomic mass is 19.1. The van der Waals surface area contributed by atoms with Crippen LogP contribution in [0, 0.1) is 17.1 Å². The van der Waals surface area contributed by atoms with Crippen LogP contribution in [0.5, 0.6) is 5.75 Å². The lowest BCUT2D eigenvalue weighted by Crippen LogP contribution is -2.23. The number of nitriles is 1. The third kappa shape index (κ3) is 3.64. The Morgan fingerprint density at radius 3 is 2.90 bits per heavy atom. The van der Waals surface area contributed by atoms with E-state index in [0.29, 0.717) is 24.5 Å². The minimum Gasteiger partial charge on any atom is -0.490 e. The molecule has 0 aliphatic rings. The van der Waals surface area contributed by atoms with E-state index in [2.05, 4.69) is 5.10 Å². The summed E-state index contributed by atoms with van der Waals surface area (Å²) in [5.74, 6) is -0.245. The van der Waals surface area contributed by atoms with Crippen molar-refractivity contribution in [3.05, 3.63) is 57.8 Å². The topological polar surface area (TPSA) is 93.9 Å². The molecule has 108 valence electrons. The summed E-state index contributed by atoms with van der Waals surface area (Å²) in [5, 5.41) is 12.7. The molecule has 0 saturated heterocycles. The first kappa shape index (κ1) is 14.7. The number of hydrogen-bond acceptors (Lipinski definition) is 5. The van der Waals surface area contributed by atoms with Gasteiger partial charge in [0.25, 0.3) is 5.56 Å². The van der Waals surface area contributed by atoms with Gasteiger partial charge in [0.1, 0.15) is 24.2 Å². The van der Waals surface area contributed by atoms with Gasteiger partial charge in [-0.05, 0) is 17.7 Å². The summed E-state index contributed by atoms with van der Waals surface area (Å²) < 4.78 is 19.6. The molecule has 0 fully saturated rings. The van der Waals surface area contributed by atoms with Crippen molar-refractivity contribution in [1.82, 2.24) is 9.78 Å². The van der Waals surface area contributed by atoms with Gasteiger partial charge in [0.15, 0.2) is 0 Å². The molecule has 2 aromatic rings. The Kier molecular flexibility index (Phi) is 4.64. The highest BCUT2D eigenvalue weighted by molar-refractivity contribution is 5.34. The average molecular weight is 288 g/mol. The highest BCUT2D eigenvalue weighted by Crippen LogP contribution is 2.10. The van der Waals surface area contributed by atoms with Crippen molar-refractivity contribution in [2.75, 3.05) is 13.2 Å². The van der Waals surface area contributed by atoms with Gasteiger partial charge in [0.05, 0.1) is 18.3 Å². The number of benzene rings is 1. The fraction of sp³-hybridized carbons (Fsp3) is 0.214. The number of halogens is 1. The van der Waals surface area contributed by atoms with Crippen molar-refractivity contribution in [1.29, 1.82) is 5.26 Å². The maximum atomic E-state index is 13.2. The van der Waals surface area contributed by atoms with Crippen molar-refractivity contribution in [3.63, 3.8) is 0 Å². The predicted molar refractivity (Wildman–Crippen MR) is 73.3 cm³/mol. The Labute approximate surface area is 120 Å². The summed E-state index contributed by atoms with van der Waals surface area (Å²) in [6, 6.07) is 7.14. The van der Waals surface area contributed by atoms with Gasteiger partial charge in [-0.3, -0.25) is 4.79 Å². The number of nitrogens with zero attached hydrogens (tertiary/aromatic N) is 3. The van der Waals surface area contributed by atoms with Crippen molar-refractivity contribution in [2.45, 2.75) is 6.54 Å². The smallest absolute Gasteiger partial charge is 0.270 e. The van der Waals surface area contributed by atoms with Gasteiger partial charge in [-0.25, -0.2) is 9.07 Å². The van der Waals surface area contributed by atoms with Gasteiger partial charge in [0, 0.05) is 12.6 Å². The number of aromatic nitrogens is 2. The summed E-state index contributed by atoms with van der Waals surface area (Å²) in [6.45, 7) is 0.787. The first-order valence-corrected chi connectivity index (χ1v) is 6.22. The Hall–Kier alpha value is -2.72. The standard InChI is InChI=1S/C14H13FN4O2/c15-13-2-1-10(5-11(13)7-17)9-19-14(20)6-12(8-18-19)21-4-3-16/h1-2,5-6,8H,3-4,9,16H2. The fourth-order valence-corrected chi connectivity index (χ4v) is 1.72. The van der Waals surface area contributed by atoms with Gasteiger partial charge < -0.3 is 10.5 Å². The lowest BCUT2D eigenvalue weighted by atomic mass is 10.1. The largest absolute Gasteiger partial charge is 0.490 e. The van der Waals surface area contributed by atoms with Crippen molar-refractivity contribution in [3.8, 4) is 11.8 Å². The van der Waals surface area contributed by atoms with E-state index < -0.39 is 5.82 Å². The molecule has 1 heterocycles. The van der Waals surface area contributed by atoms with E-state index in [1.54, 1.807) is 6.07 Å². The molecule has 7 heteroatoms. The molecule has 0 spiro atoms. The molecule has 1 aromatic carbocycles.